The normalized spacial score (nSPS) is 12.3. The standard InChI is InChI=1S/C26H28FN7O2/c1-15(17-7-6-8-18-22(24(35)28-5)19(27)13-30-23(17)18)10-29-21-9-20(33-14-34-21)16-11-31-25(32-12-16)36-26(2,3)4/h6-9,11-15H,10H2,1-5H3,(H,28,35)(H,29,33,34). The van der Waals surface area contributed by atoms with E-state index in [1.165, 1.54) is 13.4 Å². The second-order valence-corrected chi connectivity index (χ2v) is 9.34. The number of anilines is 1. The maximum atomic E-state index is 14.4. The van der Waals surface area contributed by atoms with E-state index in [0.29, 0.717) is 35.0 Å². The predicted molar refractivity (Wildman–Crippen MR) is 135 cm³/mol. The van der Waals surface area contributed by atoms with E-state index in [0.717, 1.165) is 17.3 Å². The summed E-state index contributed by atoms with van der Waals surface area (Å²) in [7, 11) is 1.47. The minimum absolute atomic E-state index is 0.00825. The number of ether oxygens (including phenoxy) is 1. The van der Waals surface area contributed by atoms with Gasteiger partial charge in [-0.05, 0) is 26.3 Å². The Bertz CT molecular complexity index is 1390. The average Bonchev–Trinajstić information content (AvgIpc) is 2.86. The average molecular weight is 490 g/mol. The summed E-state index contributed by atoms with van der Waals surface area (Å²) in [6, 6.07) is 7.55. The molecule has 4 aromatic rings. The fraction of sp³-hybridized carbons (Fsp3) is 0.308. The number of carbonyl (C=O) groups is 1. The minimum atomic E-state index is -0.653. The molecule has 0 aliphatic rings. The maximum Gasteiger partial charge on any atom is 0.316 e. The molecule has 36 heavy (non-hydrogen) atoms. The van der Waals surface area contributed by atoms with Crippen molar-refractivity contribution in [3.63, 3.8) is 0 Å². The van der Waals surface area contributed by atoms with Crippen LogP contribution in [0.2, 0.25) is 0 Å². The molecule has 0 aliphatic heterocycles. The Kier molecular flexibility index (Phi) is 7.05. The zero-order chi connectivity index (χ0) is 25.9. The molecule has 0 bridgehead atoms. The van der Waals surface area contributed by atoms with E-state index < -0.39 is 11.7 Å². The molecule has 186 valence electrons. The van der Waals surface area contributed by atoms with Crippen LogP contribution in [0.1, 0.15) is 49.5 Å². The van der Waals surface area contributed by atoms with Crippen molar-refractivity contribution in [3.05, 3.63) is 66.1 Å². The SMILES string of the molecule is CNC(=O)c1c(F)cnc2c(C(C)CNc3cc(-c4cnc(OC(C)(C)C)nc4)ncn3)cccc12. The molecule has 1 amide bonds. The molecule has 0 fully saturated rings. The number of pyridine rings is 1. The third-order valence-electron chi connectivity index (χ3n) is 5.45. The van der Waals surface area contributed by atoms with E-state index in [2.05, 4.69) is 35.6 Å². The van der Waals surface area contributed by atoms with Crippen molar-refractivity contribution in [2.45, 2.75) is 39.2 Å². The lowest BCUT2D eigenvalue weighted by atomic mass is 9.96. The molecule has 0 radical (unpaired) electrons. The van der Waals surface area contributed by atoms with E-state index in [-0.39, 0.29) is 17.1 Å². The van der Waals surface area contributed by atoms with Crippen molar-refractivity contribution in [2.75, 3.05) is 18.9 Å². The van der Waals surface area contributed by atoms with Crippen LogP contribution in [-0.4, -0.2) is 50.0 Å². The Labute approximate surface area is 208 Å². The lowest BCUT2D eigenvalue weighted by molar-refractivity contribution is 0.0960. The first-order chi connectivity index (χ1) is 17.2. The molecule has 0 aliphatic carbocycles. The Morgan fingerprint density at radius 1 is 1.08 bits per heavy atom. The van der Waals surface area contributed by atoms with Crippen LogP contribution in [0, 0.1) is 5.82 Å². The molecule has 10 heteroatoms. The molecule has 3 aromatic heterocycles. The highest BCUT2D eigenvalue weighted by Crippen LogP contribution is 2.28. The van der Waals surface area contributed by atoms with Crippen LogP contribution >= 0.6 is 0 Å². The summed E-state index contributed by atoms with van der Waals surface area (Å²) >= 11 is 0. The zero-order valence-electron chi connectivity index (χ0n) is 20.8. The van der Waals surface area contributed by atoms with Crippen molar-refractivity contribution in [3.8, 4) is 17.3 Å². The van der Waals surface area contributed by atoms with Crippen LogP contribution in [0.3, 0.4) is 0 Å². The van der Waals surface area contributed by atoms with Crippen LogP contribution < -0.4 is 15.4 Å². The second kappa shape index (κ2) is 10.2. The molecule has 1 unspecified atom stereocenters. The van der Waals surface area contributed by atoms with Crippen LogP contribution in [0.15, 0.2) is 49.2 Å². The lowest BCUT2D eigenvalue weighted by Gasteiger charge is -2.19. The number of hydrogen-bond donors (Lipinski definition) is 2. The number of aromatic nitrogens is 5. The number of amides is 1. The van der Waals surface area contributed by atoms with Gasteiger partial charge in [0.25, 0.3) is 5.91 Å². The number of fused-ring (bicyclic) bond motifs is 1. The van der Waals surface area contributed by atoms with Gasteiger partial charge in [0.1, 0.15) is 17.7 Å². The Morgan fingerprint density at radius 3 is 2.53 bits per heavy atom. The number of halogens is 1. The number of nitrogens with one attached hydrogen (secondary N) is 2. The van der Waals surface area contributed by atoms with E-state index in [9.17, 15) is 9.18 Å². The first kappa shape index (κ1) is 24.9. The van der Waals surface area contributed by atoms with Crippen LogP contribution in [0.5, 0.6) is 6.01 Å². The molecular weight excluding hydrogens is 461 g/mol. The number of benzene rings is 1. The highest BCUT2D eigenvalue weighted by Gasteiger charge is 2.19. The summed E-state index contributed by atoms with van der Waals surface area (Å²) in [6.45, 7) is 8.35. The second-order valence-electron chi connectivity index (χ2n) is 9.34. The summed E-state index contributed by atoms with van der Waals surface area (Å²) in [6.07, 6.45) is 5.88. The monoisotopic (exact) mass is 489 g/mol. The largest absolute Gasteiger partial charge is 0.458 e. The smallest absolute Gasteiger partial charge is 0.316 e. The zero-order valence-corrected chi connectivity index (χ0v) is 20.8. The molecule has 0 saturated heterocycles. The van der Waals surface area contributed by atoms with Crippen molar-refractivity contribution in [2.24, 2.45) is 0 Å². The molecule has 1 atom stereocenters. The van der Waals surface area contributed by atoms with E-state index in [4.69, 9.17) is 4.74 Å². The molecule has 1 aromatic carbocycles. The molecule has 3 heterocycles. The Morgan fingerprint density at radius 2 is 1.83 bits per heavy atom. The van der Waals surface area contributed by atoms with Crippen molar-refractivity contribution in [1.82, 2.24) is 30.2 Å². The summed E-state index contributed by atoms with van der Waals surface area (Å²) in [5.74, 6) is -0.523. The van der Waals surface area contributed by atoms with Crippen molar-refractivity contribution < 1.29 is 13.9 Å². The highest BCUT2D eigenvalue weighted by atomic mass is 19.1. The lowest BCUT2D eigenvalue weighted by Crippen LogP contribution is -2.24. The van der Waals surface area contributed by atoms with Gasteiger partial charge in [0.15, 0.2) is 5.82 Å². The van der Waals surface area contributed by atoms with Crippen LogP contribution in [-0.2, 0) is 0 Å². The van der Waals surface area contributed by atoms with E-state index in [1.54, 1.807) is 24.5 Å². The fourth-order valence-electron chi connectivity index (χ4n) is 3.73. The summed E-state index contributed by atoms with van der Waals surface area (Å²) in [4.78, 5) is 33.7. The van der Waals surface area contributed by atoms with Gasteiger partial charge in [0.2, 0.25) is 0 Å². The van der Waals surface area contributed by atoms with Gasteiger partial charge in [-0.15, -0.1) is 0 Å². The van der Waals surface area contributed by atoms with Gasteiger partial charge in [-0.2, -0.15) is 0 Å². The van der Waals surface area contributed by atoms with Gasteiger partial charge in [-0.1, -0.05) is 25.1 Å². The van der Waals surface area contributed by atoms with Gasteiger partial charge in [0.05, 0.1) is 23.0 Å². The number of nitrogens with zero attached hydrogens (tertiary/aromatic N) is 5. The first-order valence-electron chi connectivity index (χ1n) is 11.5. The minimum Gasteiger partial charge on any atom is -0.458 e. The highest BCUT2D eigenvalue weighted by molar-refractivity contribution is 6.06. The molecular formula is C26H28FN7O2. The van der Waals surface area contributed by atoms with E-state index in [1.807, 2.05) is 39.8 Å². The van der Waals surface area contributed by atoms with Crippen LogP contribution in [0.25, 0.3) is 22.2 Å². The maximum absolute atomic E-state index is 14.4. The molecule has 4 rings (SSSR count). The van der Waals surface area contributed by atoms with Crippen LogP contribution in [0.4, 0.5) is 10.2 Å². The number of para-hydroxylation sites is 1. The number of hydrogen-bond acceptors (Lipinski definition) is 8. The summed E-state index contributed by atoms with van der Waals surface area (Å²) in [5, 5.41) is 6.29. The van der Waals surface area contributed by atoms with E-state index >= 15 is 0 Å². The van der Waals surface area contributed by atoms with Gasteiger partial charge < -0.3 is 15.4 Å². The summed E-state index contributed by atoms with van der Waals surface area (Å²) < 4.78 is 20.0. The topological polar surface area (TPSA) is 115 Å². The third kappa shape index (κ3) is 5.54. The van der Waals surface area contributed by atoms with Crippen molar-refractivity contribution >= 4 is 22.6 Å². The number of rotatable bonds is 7. The molecule has 9 nitrogen and oxygen atoms in total. The number of carbonyl (C=O) groups excluding carboxylic acids is 1. The Balaban J connectivity index is 1.52. The third-order valence-corrected chi connectivity index (χ3v) is 5.45. The van der Waals surface area contributed by atoms with Gasteiger partial charge >= 0.3 is 6.01 Å². The molecule has 0 saturated carbocycles. The Hall–Kier alpha value is -4.21. The van der Waals surface area contributed by atoms with Gasteiger partial charge in [-0.25, -0.2) is 24.3 Å². The van der Waals surface area contributed by atoms with Gasteiger partial charge in [-0.3, -0.25) is 9.78 Å². The molecule has 2 N–H and O–H groups in total. The van der Waals surface area contributed by atoms with Crippen molar-refractivity contribution in [1.29, 1.82) is 0 Å². The van der Waals surface area contributed by atoms with Gasteiger partial charge in [0, 0.05) is 48.9 Å². The predicted octanol–water partition coefficient (Wildman–Crippen LogP) is 4.37. The fourth-order valence-corrected chi connectivity index (χ4v) is 3.73. The molecule has 0 spiro atoms. The first-order valence-corrected chi connectivity index (χ1v) is 11.5. The summed E-state index contributed by atoms with van der Waals surface area (Å²) in [5.41, 5.74) is 2.48. The quantitative estimate of drug-likeness (QED) is 0.393.